The molecule has 4 aliphatic carbocycles. The lowest BCUT2D eigenvalue weighted by Gasteiger charge is -2.56. The minimum absolute atomic E-state index is 0.117. The van der Waals surface area contributed by atoms with Crippen LogP contribution in [-0.4, -0.2) is 51.3 Å². The zero-order valence-electron chi connectivity index (χ0n) is 18.1. The van der Waals surface area contributed by atoms with Gasteiger partial charge in [0.15, 0.2) is 6.54 Å². The number of halogens is 1. The van der Waals surface area contributed by atoms with Gasteiger partial charge in [0.1, 0.15) is 44.3 Å². The Hall–Kier alpha value is -1.66. The van der Waals surface area contributed by atoms with Crippen molar-refractivity contribution in [3.63, 3.8) is 0 Å². The molecule has 3 N–H and O–H groups in total. The first kappa shape index (κ1) is 20.3. The lowest BCUT2D eigenvalue weighted by molar-refractivity contribution is -1.02. The lowest BCUT2D eigenvalue weighted by atomic mass is 9.53. The van der Waals surface area contributed by atoms with E-state index in [4.69, 9.17) is 4.74 Å². The molecule has 1 aliphatic heterocycles. The molecule has 1 saturated heterocycles. The van der Waals surface area contributed by atoms with E-state index in [1.165, 1.54) is 54.4 Å². The lowest BCUT2D eigenvalue weighted by Crippen LogP contribution is -3.28. The molecule has 5 fully saturated rings. The molecule has 0 atom stereocenters. The number of hydrogen-bond acceptors (Lipinski definition) is 2. The topological polar surface area (TPSA) is 47.2 Å². The summed E-state index contributed by atoms with van der Waals surface area (Å²) in [6.07, 6.45) is 7.86. The summed E-state index contributed by atoms with van der Waals surface area (Å²) >= 11 is 0. The highest BCUT2D eigenvalue weighted by atomic mass is 19.1. The highest BCUT2D eigenvalue weighted by Gasteiger charge is 2.51. The summed E-state index contributed by atoms with van der Waals surface area (Å²) < 4.78 is 19.0. The van der Waals surface area contributed by atoms with Crippen LogP contribution in [0.4, 0.5) is 4.39 Å². The third-order valence-corrected chi connectivity index (χ3v) is 8.20. The molecule has 1 aromatic rings. The molecule has 30 heavy (non-hydrogen) atoms. The van der Waals surface area contributed by atoms with Crippen LogP contribution in [0, 0.1) is 23.6 Å². The van der Waals surface area contributed by atoms with Crippen LogP contribution in [0.1, 0.15) is 44.1 Å². The van der Waals surface area contributed by atoms with E-state index in [2.05, 4.69) is 5.32 Å². The smallest absolute Gasteiger partial charge is 0.275 e. The number of benzene rings is 1. The second kappa shape index (κ2) is 8.12. The van der Waals surface area contributed by atoms with E-state index in [0.29, 0.717) is 6.54 Å². The molecular weight excluding hydrogens is 381 g/mol. The molecule has 5 nitrogen and oxygen atoms in total. The number of methoxy groups -OCH3 is 1. The van der Waals surface area contributed by atoms with Crippen molar-refractivity contribution in [2.45, 2.75) is 50.6 Å². The summed E-state index contributed by atoms with van der Waals surface area (Å²) in [5, 5.41) is 3.52. The van der Waals surface area contributed by atoms with Gasteiger partial charge in [-0.25, -0.2) is 4.39 Å². The van der Waals surface area contributed by atoms with Gasteiger partial charge in [0.05, 0.1) is 12.7 Å². The Labute approximate surface area is 178 Å². The Morgan fingerprint density at radius 3 is 2.27 bits per heavy atom. The number of hydrogen-bond donors (Lipinski definition) is 3. The van der Waals surface area contributed by atoms with Gasteiger partial charge >= 0.3 is 0 Å². The summed E-state index contributed by atoms with van der Waals surface area (Å²) in [4.78, 5) is 15.7. The Morgan fingerprint density at radius 1 is 1.07 bits per heavy atom. The number of ether oxygens (including phenoxy) is 1. The zero-order chi connectivity index (χ0) is 20.7. The van der Waals surface area contributed by atoms with E-state index in [-0.39, 0.29) is 17.3 Å². The maximum Gasteiger partial charge on any atom is 0.275 e. The molecule has 0 radical (unpaired) electrons. The van der Waals surface area contributed by atoms with Crippen LogP contribution in [0.15, 0.2) is 18.2 Å². The Bertz CT molecular complexity index is 755. The first-order valence-corrected chi connectivity index (χ1v) is 11.8. The molecule has 4 saturated carbocycles. The van der Waals surface area contributed by atoms with Crippen molar-refractivity contribution in [2.75, 3.05) is 39.8 Å². The second-order valence-electron chi connectivity index (χ2n) is 10.6. The predicted octanol–water partition coefficient (Wildman–Crippen LogP) is 0.203. The molecule has 5 aliphatic rings. The molecule has 6 rings (SSSR count). The van der Waals surface area contributed by atoms with Crippen molar-refractivity contribution >= 4 is 5.91 Å². The molecule has 0 spiro atoms. The van der Waals surface area contributed by atoms with E-state index >= 15 is 0 Å². The fraction of sp³-hybridized carbons (Fsp3) is 0.708. The van der Waals surface area contributed by atoms with Crippen LogP contribution in [0.3, 0.4) is 0 Å². The quantitative estimate of drug-likeness (QED) is 0.620. The molecule has 4 bridgehead atoms. The monoisotopic (exact) mass is 417 g/mol. The summed E-state index contributed by atoms with van der Waals surface area (Å²) in [5.41, 5.74) is 1.04. The Balaban J connectivity index is 1.11. The van der Waals surface area contributed by atoms with Crippen molar-refractivity contribution in [1.82, 2.24) is 5.32 Å². The van der Waals surface area contributed by atoms with Crippen LogP contribution in [0.2, 0.25) is 0 Å². The second-order valence-corrected chi connectivity index (χ2v) is 10.6. The number of carbonyl (C=O) groups is 1. The predicted molar refractivity (Wildman–Crippen MR) is 112 cm³/mol. The number of quaternary nitrogens is 2. The molecule has 164 valence electrons. The van der Waals surface area contributed by atoms with E-state index in [1.54, 1.807) is 19.2 Å². The minimum atomic E-state index is -0.212. The number of amides is 1. The molecule has 1 amide bonds. The standard InChI is InChI=1S/C24H34FN3O2/c1-30-22-3-2-21(25)11-20(22)15-27-4-6-28(7-5-27)16-23(29)26-24-12-17-8-18(13-24)10-19(9-17)14-24/h2-3,11,17-19H,4-10,12-16H2,1H3,(H,26,29)/p+2. The summed E-state index contributed by atoms with van der Waals surface area (Å²) in [6.45, 7) is 5.34. The molecular formula is C24H36FN3O2+2. The zero-order valence-corrected chi connectivity index (χ0v) is 18.1. The van der Waals surface area contributed by atoms with Crippen molar-refractivity contribution in [1.29, 1.82) is 0 Å². The SMILES string of the molecule is COc1ccc(F)cc1C[NH+]1CC[NH+](CC(=O)NC23CC4CC(CC(C4)C2)C3)CC1. The Morgan fingerprint density at radius 2 is 1.67 bits per heavy atom. The fourth-order valence-electron chi connectivity index (χ4n) is 7.30. The number of rotatable bonds is 6. The molecule has 0 aromatic heterocycles. The van der Waals surface area contributed by atoms with Gasteiger partial charge in [0.25, 0.3) is 5.91 Å². The molecule has 0 unspecified atom stereocenters. The van der Waals surface area contributed by atoms with Gasteiger partial charge in [-0.1, -0.05) is 0 Å². The number of carbonyl (C=O) groups excluding carboxylic acids is 1. The van der Waals surface area contributed by atoms with Crippen molar-refractivity contribution < 1.29 is 23.7 Å². The van der Waals surface area contributed by atoms with E-state index in [0.717, 1.165) is 61.8 Å². The van der Waals surface area contributed by atoms with E-state index in [1.807, 2.05) is 0 Å². The maximum absolute atomic E-state index is 13.6. The normalized spacial score (nSPS) is 37.2. The first-order valence-electron chi connectivity index (χ1n) is 11.8. The highest BCUT2D eigenvalue weighted by molar-refractivity contribution is 5.77. The first-order chi connectivity index (χ1) is 14.5. The van der Waals surface area contributed by atoms with Gasteiger partial charge in [0.2, 0.25) is 0 Å². The maximum atomic E-state index is 13.6. The van der Waals surface area contributed by atoms with Crippen molar-refractivity contribution in [3.8, 4) is 5.75 Å². The van der Waals surface area contributed by atoms with Crippen molar-refractivity contribution in [2.24, 2.45) is 17.8 Å². The van der Waals surface area contributed by atoms with Gasteiger partial charge in [0, 0.05) is 5.54 Å². The van der Waals surface area contributed by atoms with Crippen LogP contribution in [-0.2, 0) is 11.3 Å². The summed E-state index contributed by atoms with van der Waals surface area (Å²) in [5.74, 6) is 3.37. The van der Waals surface area contributed by atoms with Crippen LogP contribution in [0.25, 0.3) is 0 Å². The third-order valence-electron chi connectivity index (χ3n) is 8.20. The summed E-state index contributed by atoms with van der Waals surface area (Å²) in [7, 11) is 1.64. The van der Waals surface area contributed by atoms with Gasteiger partial charge in [-0.05, 0) is 74.5 Å². The van der Waals surface area contributed by atoms with Crippen LogP contribution < -0.4 is 19.9 Å². The van der Waals surface area contributed by atoms with E-state index in [9.17, 15) is 9.18 Å². The molecule has 1 heterocycles. The van der Waals surface area contributed by atoms with Crippen molar-refractivity contribution in [3.05, 3.63) is 29.6 Å². The molecule has 6 heteroatoms. The molecule has 1 aromatic carbocycles. The average Bonchev–Trinajstić information content (AvgIpc) is 2.68. The largest absolute Gasteiger partial charge is 0.496 e. The fourth-order valence-corrected chi connectivity index (χ4v) is 7.30. The average molecular weight is 418 g/mol. The number of piperazine rings is 1. The van der Waals surface area contributed by atoms with Crippen LogP contribution in [0.5, 0.6) is 5.75 Å². The van der Waals surface area contributed by atoms with Gasteiger partial charge < -0.3 is 19.9 Å². The third kappa shape index (κ3) is 4.22. The van der Waals surface area contributed by atoms with Gasteiger partial charge in [-0.3, -0.25) is 4.79 Å². The van der Waals surface area contributed by atoms with Gasteiger partial charge in [-0.15, -0.1) is 0 Å². The number of nitrogens with one attached hydrogen (secondary N) is 3. The van der Waals surface area contributed by atoms with E-state index < -0.39 is 0 Å². The Kier molecular flexibility index (Phi) is 5.48. The van der Waals surface area contributed by atoms with Gasteiger partial charge in [-0.2, -0.15) is 0 Å². The van der Waals surface area contributed by atoms with Crippen LogP contribution >= 0.6 is 0 Å². The highest BCUT2D eigenvalue weighted by Crippen LogP contribution is 2.55. The summed E-state index contributed by atoms with van der Waals surface area (Å²) in [6, 6.07) is 4.74. The minimum Gasteiger partial charge on any atom is -0.496 e.